The fourth-order valence-electron chi connectivity index (χ4n) is 1.64. The van der Waals surface area contributed by atoms with Crippen molar-refractivity contribution >= 4 is 50.7 Å². The number of aromatic hydroxyl groups is 1. The Labute approximate surface area is 134 Å². The molecule has 2 N–H and O–H groups in total. The van der Waals surface area contributed by atoms with Crippen LogP contribution in [0.15, 0.2) is 34.8 Å². The van der Waals surface area contributed by atoms with Crippen LogP contribution in [0.2, 0.25) is 10.0 Å². The van der Waals surface area contributed by atoms with Gasteiger partial charge in [0.15, 0.2) is 5.75 Å². The Kier molecular flexibility index (Phi) is 4.58. The van der Waals surface area contributed by atoms with Gasteiger partial charge in [0.1, 0.15) is 0 Å². The number of phenolic OH excluding ortho intramolecular Hbond substituents is 1. The van der Waals surface area contributed by atoms with Crippen LogP contribution in [0.5, 0.6) is 5.75 Å². The average molecular weight is 375 g/mol. The molecular weight excluding hydrogens is 365 g/mol. The normalized spacial score (nSPS) is 10.4. The lowest BCUT2D eigenvalue weighted by Gasteiger charge is -2.09. The molecule has 0 aliphatic carbocycles. The van der Waals surface area contributed by atoms with Crippen molar-refractivity contribution in [3.05, 3.63) is 56.0 Å². The first kappa shape index (κ1) is 15.2. The molecule has 3 nitrogen and oxygen atoms in total. The number of amides is 1. The van der Waals surface area contributed by atoms with Crippen LogP contribution in [0, 0.1) is 6.92 Å². The van der Waals surface area contributed by atoms with Gasteiger partial charge >= 0.3 is 0 Å². The molecule has 0 bridgehead atoms. The maximum absolute atomic E-state index is 12.2. The predicted octanol–water partition coefficient (Wildman–Crippen LogP) is 5.02. The van der Waals surface area contributed by atoms with E-state index in [1.165, 1.54) is 12.1 Å². The molecule has 0 unspecified atom stereocenters. The number of hydrogen-bond acceptors (Lipinski definition) is 2. The molecule has 0 saturated heterocycles. The van der Waals surface area contributed by atoms with Gasteiger partial charge in [0.2, 0.25) is 0 Å². The molecule has 6 heteroatoms. The third kappa shape index (κ3) is 3.26. The molecule has 0 spiro atoms. The van der Waals surface area contributed by atoms with E-state index in [1.54, 1.807) is 6.07 Å². The van der Waals surface area contributed by atoms with Crippen molar-refractivity contribution in [3.8, 4) is 5.75 Å². The van der Waals surface area contributed by atoms with Crippen molar-refractivity contribution in [1.29, 1.82) is 0 Å². The third-order valence-corrected chi connectivity index (χ3v) is 3.88. The molecule has 1 amide bonds. The van der Waals surface area contributed by atoms with Crippen LogP contribution in [0.3, 0.4) is 0 Å². The molecule has 0 aliphatic rings. The van der Waals surface area contributed by atoms with Gasteiger partial charge < -0.3 is 10.4 Å². The van der Waals surface area contributed by atoms with E-state index in [-0.39, 0.29) is 21.7 Å². The summed E-state index contributed by atoms with van der Waals surface area (Å²) in [4.78, 5) is 12.2. The number of halogens is 3. The Morgan fingerprint density at radius 1 is 1.20 bits per heavy atom. The first-order chi connectivity index (χ1) is 9.38. The van der Waals surface area contributed by atoms with Gasteiger partial charge in [-0.2, -0.15) is 0 Å². The first-order valence-corrected chi connectivity index (χ1v) is 7.19. The third-order valence-electron chi connectivity index (χ3n) is 2.64. The highest BCUT2D eigenvalue weighted by Crippen LogP contribution is 2.34. The maximum atomic E-state index is 12.2. The van der Waals surface area contributed by atoms with Gasteiger partial charge in [0, 0.05) is 10.2 Å². The highest BCUT2D eigenvalue weighted by molar-refractivity contribution is 9.10. The topological polar surface area (TPSA) is 49.3 Å². The van der Waals surface area contributed by atoms with E-state index in [4.69, 9.17) is 23.2 Å². The summed E-state index contributed by atoms with van der Waals surface area (Å²) in [5.74, 6) is -0.502. The van der Waals surface area contributed by atoms with Crippen LogP contribution in [0.25, 0.3) is 0 Å². The summed E-state index contributed by atoms with van der Waals surface area (Å²) in [6.07, 6.45) is 0. The highest BCUT2D eigenvalue weighted by Gasteiger charge is 2.12. The molecule has 0 atom stereocenters. The number of carbonyl (C=O) groups excluding carboxylic acids is 1. The lowest BCUT2D eigenvalue weighted by molar-refractivity contribution is 0.102. The van der Waals surface area contributed by atoms with Gasteiger partial charge in [0.25, 0.3) is 5.91 Å². The molecule has 0 heterocycles. The fraction of sp³-hybridized carbons (Fsp3) is 0.0714. The average Bonchev–Trinajstić information content (AvgIpc) is 2.35. The van der Waals surface area contributed by atoms with E-state index in [2.05, 4.69) is 21.2 Å². The predicted molar refractivity (Wildman–Crippen MR) is 85.0 cm³/mol. The van der Waals surface area contributed by atoms with Gasteiger partial charge in [-0.15, -0.1) is 0 Å². The molecule has 0 radical (unpaired) electrons. The first-order valence-electron chi connectivity index (χ1n) is 5.64. The molecule has 2 aromatic rings. The summed E-state index contributed by atoms with van der Waals surface area (Å²) in [6, 6.07) is 8.28. The number of nitrogens with one attached hydrogen (secondary N) is 1. The van der Waals surface area contributed by atoms with E-state index in [9.17, 15) is 9.90 Å². The molecular formula is C14H10BrCl2NO2. The number of rotatable bonds is 2. The largest absolute Gasteiger partial charge is 0.505 e. The zero-order valence-corrected chi connectivity index (χ0v) is 13.5. The Morgan fingerprint density at radius 3 is 2.35 bits per heavy atom. The molecule has 20 heavy (non-hydrogen) atoms. The van der Waals surface area contributed by atoms with E-state index in [0.29, 0.717) is 15.7 Å². The second-order valence-corrected chi connectivity index (χ2v) is 5.89. The molecule has 2 aromatic carbocycles. The van der Waals surface area contributed by atoms with Gasteiger partial charge in [-0.25, -0.2) is 0 Å². The Bertz CT molecular complexity index is 666. The van der Waals surface area contributed by atoms with Crippen molar-refractivity contribution in [2.75, 3.05) is 5.32 Å². The highest BCUT2D eigenvalue weighted by atomic mass is 79.9. The number of phenols is 1. The minimum Gasteiger partial charge on any atom is -0.505 e. The van der Waals surface area contributed by atoms with Gasteiger partial charge in [-0.1, -0.05) is 29.3 Å². The number of benzene rings is 2. The number of carbonyl (C=O) groups is 1. The lowest BCUT2D eigenvalue weighted by atomic mass is 10.1. The minimum atomic E-state index is -0.297. The SMILES string of the molecule is Cc1ccc(C(=O)Nc2cc(Cl)c(O)c(Cl)c2)c(Br)c1. The zero-order chi connectivity index (χ0) is 14.9. The van der Waals surface area contributed by atoms with Crippen molar-refractivity contribution < 1.29 is 9.90 Å². The zero-order valence-electron chi connectivity index (χ0n) is 10.4. The second kappa shape index (κ2) is 6.04. The summed E-state index contributed by atoms with van der Waals surface area (Å²) < 4.78 is 0.700. The Balaban J connectivity index is 2.28. The van der Waals surface area contributed by atoms with E-state index < -0.39 is 0 Å². The second-order valence-electron chi connectivity index (χ2n) is 4.23. The monoisotopic (exact) mass is 373 g/mol. The summed E-state index contributed by atoms with van der Waals surface area (Å²) in [5.41, 5.74) is 1.95. The fourth-order valence-corrected chi connectivity index (χ4v) is 2.80. The van der Waals surface area contributed by atoms with Crippen molar-refractivity contribution in [2.45, 2.75) is 6.92 Å². The molecule has 104 valence electrons. The molecule has 0 fully saturated rings. The van der Waals surface area contributed by atoms with Gasteiger partial charge in [-0.3, -0.25) is 4.79 Å². The van der Waals surface area contributed by atoms with Gasteiger partial charge in [-0.05, 0) is 52.7 Å². The molecule has 0 saturated carbocycles. The lowest BCUT2D eigenvalue weighted by Crippen LogP contribution is -2.12. The van der Waals surface area contributed by atoms with Crippen LogP contribution in [-0.4, -0.2) is 11.0 Å². The van der Waals surface area contributed by atoms with Crippen molar-refractivity contribution in [3.63, 3.8) is 0 Å². The van der Waals surface area contributed by atoms with Crippen LogP contribution in [0.4, 0.5) is 5.69 Å². The Morgan fingerprint density at radius 2 is 1.80 bits per heavy atom. The number of hydrogen-bond donors (Lipinski definition) is 2. The number of anilines is 1. The summed E-state index contributed by atoms with van der Waals surface area (Å²) >= 11 is 15.0. The van der Waals surface area contributed by atoms with Crippen LogP contribution >= 0.6 is 39.1 Å². The Hall–Kier alpha value is -1.23. The van der Waals surface area contributed by atoms with E-state index in [1.807, 2.05) is 19.1 Å². The maximum Gasteiger partial charge on any atom is 0.256 e. The summed E-state index contributed by atoms with van der Waals surface area (Å²) in [5, 5.41) is 12.3. The summed E-state index contributed by atoms with van der Waals surface area (Å²) in [6.45, 7) is 1.94. The molecule has 0 aromatic heterocycles. The summed E-state index contributed by atoms with van der Waals surface area (Å²) in [7, 11) is 0. The standard InChI is InChI=1S/C14H10BrCl2NO2/c1-7-2-3-9(10(15)4-7)14(20)18-8-5-11(16)13(19)12(17)6-8/h2-6,19H,1H3,(H,18,20). The minimum absolute atomic E-state index is 0.0794. The van der Waals surface area contributed by atoms with Crippen LogP contribution in [0.1, 0.15) is 15.9 Å². The van der Waals surface area contributed by atoms with E-state index >= 15 is 0 Å². The number of aryl methyl sites for hydroxylation is 1. The molecule has 2 rings (SSSR count). The van der Waals surface area contributed by atoms with Crippen LogP contribution < -0.4 is 5.32 Å². The smallest absolute Gasteiger partial charge is 0.256 e. The quantitative estimate of drug-likeness (QED) is 0.725. The van der Waals surface area contributed by atoms with Crippen molar-refractivity contribution in [1.82, 2.24) is 0 Å². The van der Waals surface area contributed by atoms with Crippen molar-refractivity contribution in [2.24, 2.45) is 0 Å². The molecule has 0 aliphatic heterocycles. The van der Waals surface area contributed by atoms with Crippen LogP contribution in [-0.2, 0) is 0 Å². The van der Waals surface area contributed by atoms with Gasteiger partial charge in [0.05, 0.1) is 15.6 Å². The van der Waals surface area contributed by atoms with E-state index in [0.717, 1.165) is 5.56 Å².